The Kier molecular flexibility index (Phi) is 4.78. The molecule has 1 aromatic carbocycles. The van der Waals surface area contributed by atoms with E-state index >= 15 is 0 Å². The highest BCUT2D eigenvalue weighted by atomic mass is 16.1. The van der Waals surface area contributed by atoms with Gasteiger partial charge in [-0.15, -0.1) is 0 Å². The van der Waals surface area contributed by atoms with E-state index in [9.17, 15) is 4.79 Å². The number of likely N-dealkylation sites (tertiary alicyclic amines) is 1. The van der Waals surface area contributed by atoms with Crippen LogP contribution in [-0.4, -0.2) is 71.3 Å². The molecule has 2 aliphatic heterocycles. The molecule has 1 amide bonds. The van der Waals surface area contributed by atoms with Crippen LogP contribution in [0, 0.1) is 0 Å². The van der Waals surface area contributed by atoms with Gasteiger partial charge in [-0.25, -0.2) is 14.5 Å². The molecule has 3 aromatic heterocycles. The summed E-state index contributed by atoms with van der Waals surface area (Å²) in [5.41, 5.74) is 9.56. The maximum Gasteiger partial charge on any atom is 0.266 e. The highest BCUT2D eigenvalue weighted by Crippen LogP contribution is 2.38. The van der Waals surface area contributed by atoms with E-state index < -0.39 is 5.91 Å². The first-order valence-corrected chi connectivity index (χ1v) is 11.7. The van der Waals surface area contributed by atoms with Gasteiger partial charge in [-0.2, -0.15) is 10.2 Å². The predicted molar refractivity (Wildman–Crippen MR) is 133 cm³/mol. The van der Waals surface area contributed by atoms with E-state index in [-0.39, 0.29) is 11.2 Å². The fraction of sp³-hybridized carbons (Fsp3) is 0.375. The molecule has 0 spiro atoms. The van der Waals surface area contributed by atoms with Crippen molar-refractivity contribution in [1.29, 1.82) is 0 Å². The zero-order valence-electron chi connectivity index (χ0n) is 19.9. The van der Waals surface area contributed by atoms with E-state index in [2.05, 4.69) is 85.4 Å². The number of H-pyrrole nitrogens is 1. The van der Waals surface area contributed by atoms with Gasteiger partial charge in [-0.1, -0.05) is 0 Å². The summed E-state index contributed by atoms with van der Waals surface area (Å²) in [5, 5.41) is 14.4. The average molecular weight is 473 g/mol. The van der Waals surface area contributed by atoms with Crippen molar-refractivity contribution in [3.05, 3.63) is 48.5 Å². The van der Waals surface area contributed by atoms with E-state index in [1.54, 1.807) is 16.8 Å². The van der Waals surface area contributed by atoms with Crippen molar-refractivity contribution >= 4 is 28.7 Å². The number of primary amides is 1. The number of aromatic amines is 1. The molecule has 0 unspecified atom stereocenters. The Balaban J connectivity index is 1.20. The van der Waals surface area contributed by atoms with E-state index in [4.69, 9.17) is 5.73 Å². The lowest BCUT2D eigenvalue weighted by molar-refractivity contribution is 0.0995. The van der Waals surface area contributed by atoms with Crippen molar-refractivity contribution in [2.24, 2.45) is 5.73 Å². The lowest BCUT2D eigenvalue weighted by Gasteiger charge is -2.42. The summed E-state index contributed by atoms with van der Waals surface area (Å²) < 4.78 is 1.63. The minimum absolute atomic E-state index is 0.216. The first-order chi connectivity index (χ1) is 16.8. The number of nitrogens with zero attached hydrogens (tertiary/aromatic N) is 7. The van der Waals surface area contributed by atoms with Gasteiger partial charge in [-0.3, -0.25) is 14.8 Å². The Morgan fingerprint density at radius 3 is 2.60 bits per heavy atom. The SMILES string of the molecule is CC(C)(C)N1C[C@H]2C[C@@H]1CN2c1ccc(Nc2ncc(-c3cc(C(N)=O)[nH]n3)n3ncnc23)cc1. The molecule has 0 radical (unpaired) electrons. The summed E-state index contributed by atoms with van der Waals surface area (Å²) in [7, 11) is 0. The predicted octanol–water partition coefficient (Wildman–Crippen LogP) is 2.42. The first-order valence-electron chi connectivity index (χ1n) is 11.7. The molecular weight excluding hydrogens is 444 g/mol. The van der Waals surface area contributed by atoms with Gasteiger partial charge >= 0.3 is 0 Å². The third-order valence-electron chi connectivity index (χ3n) is 6.97. The summed E-state index contributed by atoms with van der Waals surface area (Å²) in [4.78, 5) is 25.5. The van der Waals surface area contributed by atoms with Gasteiger partial charge in [0.25, 0.3) is 5.91 Å². The second kappa shape index (κ2) is 7.77. The van der Waals surface area contributed by atoms with Crippen LogP contribution >= 0.6 is 0 Å². The molecule has 4 aromatic rings. The van der Waals surface area contributed by atoms with Gasteiger partial charge < -0.3 is 16.0 Å². The third kappa shape index (κ3) is 3.68. The van der Waals surface area contributed by atoms with Crippen LogP contribution in [0.1, 0.15) is 37.7 Å². The maximum atomic E-state index is 11.4. The van der Waals surface area contributed by atoms with E-state index in [0.717, 1.165) is 18.8 Å². The Hall–Kier alpha value is -3.99. The lowest BCUT2D eigenvalue weighted by Crippen LogP contribution is -2.53. The molecule has 0 aliphatic carbocycles. The van der Waals surface area contributed by atoms with Crippen LogP contribution in [0.5, 0.6) is 0 Å². The Bertz CT molecular complexity index is 1400. The molecule has 5 heterocycles. The first kappa shape index (κ1) is 21.5. The third-order valence-corrected chi connectivity index (χ3v) is 6.97. The summed E-state index contributed by atoms with van der Waals surface area (Å²) >= 11 is 0. The number of carbonyl (C=O) groups excluding carboxylic acids is 1. The quantitative estimate of drug-likeness (QED) is 0.403. The second-order valence-electron chi connectivity index (χ2n) is 10.2. The van der Waals surface area contributed by atoms with Crippen molar-refractivity contribution in [3.8, 4) is 11.4 Å². The van der Waals surface area contributed by atoms with Crippen LogP contribution in [0.4, 0.5) is 17.2 Å². The molecule has 11 heteroatoms. The summed E-state index contributed by atoms with van der Waals surface area (Å²) in [6.45, 7) is 9.10. The molecule has 0 saturated carbocycles. The smallest absolute Gasteiger partial charge is 0.266 e. The molecule has 6 rings (SSSR count). The minimum atomic E-state index is -0.582. The van der Waals surface area contributed by atoms with Gasteiger partial charge in [-0.05, 0) is 57.5 Å². The van der Waals surface area contributed by atoms with Crippen LogP contribution in [0.3, 0.4) is 0 Å². The molecule has 4 N–H and O–H groups in total. The number of amides is 1. The number of benzene rings is 1. The van der Waals surface area contributed by atoms with Crippen molar-refractivity contribution in [2.75, 3.05) is 23.3 Å². The summed E-state index contributed by atoms with van der Waals surface area (Å²) in [6, 6.07) is 11.2. The number of piperazine rings is 1. The normalized spacial score (nSPS) is 20.1. The number of rotatable bonds is 5. The number of aromatic nitrogens is 6. The van der Waals surface area contributed by atoms with Crippen molar-refractivity contribution in [2.45, 2.75) is 44.8 Å². The fourth-order valence-electron chi connectivity index (χ4n) is 5.34. The van der Waals surface area contributed by atoms with E-state index in [0.29, 0.717) is 34.9 Å². The monoisotopic (exact) mass is 472 g/mol. The number of hydrogen-bond donors (Lipinski definition) is 3. The van der Waals surface area contributed by atoms with Gasteiger partial charge in [0, 0.05) is 42.1 Å². The molecule has 2 atom stereocenters. The zero-order chi connectivity index (χ0) is 24.3. The Labute approximate surface area is 202 Å². The van der Waals surface area contributed by atoms with E-state index in [1.807, 2.05) is 0 Å². The topological polar surface area (TPSA) is 133 Å². The number of carbonyl (C=O) groups is 1. The molecule has 180 valence electrons. The lowest BCUT2D eigenvalue weighted by atomic mass is 10.0. The van der Waals surface area contributed by atoms with Crippen LogP contribution in [0.25, 0.3) is 17.0 Å². The minimum Gasteiger partial charge on any atom is -0.366 e. The van der Waals surface area contributed by atoms with Crippen molar-refractivity contribution in [1.82, 2.24) is 34.7 Å². The Morgan fingerprint density at radius 2 is 1.94 bits per heavy atom. The zero-order valence-corrected chi connectivity index (χ0v) is 19.9. The molecular formula is C24H28N10O. The molecule has 11 nitrogen and oxygen atoms in total. The maximum absolute atomic E-state index is 11.4. The van der Waals surface area contributed by atoms with E-state index in [1.165, 1.54) is 18.4 Å². The average Bonchev–Trinajstić information content (AvgIpc) is 3.62. The van der Waals surface area contributed by atoms with Gasteiger partial charge in [0.05, 0.1) is 6.20 Å². The van der Waals surface area contributed by atoms with Gasteiger partial charge in [0.15, 0.2) is 11.5 Å². The number of hydrogen-bond acceptors (Lipinski definition) is 8. The van der Waals surface area contributed by atoms with Crippen LogP contribution < -0.4 is 16.0 Å². The molecule has 2 aliphatic rings. The standard InChI is InChI=1S/C24H28N10O/c1-24(2,3)33-12-16-8-17(33)11-32(16)15-6-4-14(5-7-15)29-22-23-27-13-28-34(23)20(10-26-22)18-9-19(21(25)35)31-30-18/h4-7,9-10,13,16-17H,8,11-12H2,1-3H3,(H2,25,35)(H,26,29)(H,30,31)/t16-,17-/m1/s1. The van der Waals surface area contributed by atoms with Crippen molar-refractivity contribution in [3.63, 3.8) is 0 Å². The number of anilines is 3. The molecule has 2 bridgehead atoms. The summed E-state index contributed by atoms with van der Waals surface area (Å²) in [6.07, 6.45) is 4.33. The molecule has 2 saturated heterocycles. The summed E-state index contributed by atoms with van der Waals surface area (Å²) in [5.74, 6) is -0.00715. The Morgan fingerprint density at radius 1 is 1.14 bits per heavy atom. The number of nitrogens with one attached hydrogen (secondary N) is 2. The second-order valence-corrected chi connectivity index (χ2v) is 10.2. The van der Waals surface area contributed by atoms with Crippen LogP contribution in [-0.2, 0) is 0 Å². The van der Waals surface area contributed by atoms with Gasteiger partial charge in [0.1, 0.15) is 23.4 Å². The number of fused-ring (bicyclic) bond motifs is 3. The number of nitrogens with two attached hydrogens (primary N) is 1. The largest absolute Gasteiger partial charge is 0.366 e. The van der Waals surface area contributed by atoms with Crippen molar-refractivity contribution < 1.29 is 4.79 Å². The highest BCUT2D eigenvalue weighted by Gasteiger charge is 2.46. The fourth-order valence-corrected chi connectivity index (χ4v) is 5.34. The highest BCUT2D eigenvalue weighted by molar-refractivity contribution is 5.91. The van der Waals surface area contributed by atoms with Crippen LogP contribution in [0.2, 0.25) is 0 Å². The van der Waals surface area contributed by atoms with Crippen LogP contribution in [0.15, 0.2) is 42.9 Å². The molecule has 35 heavy (non-hydrogen) atoms. The molecule has 2 fully saturated rings. The van der Waals surface area contributed by atoms with Gasteiger partial charge in [0.2, 0.25) is 0 Å².